The molecule has 0 fully saturated rings. The minimum absolute atomic E-state index is 1.26. The summed E-state index contributed by atoms with van der Waals surface area (Å²) in [5.41, 5.74) is 5.30. The van der Waals surface area contributed by atoms with Crippen molar-refractivity contribution in [2.75, 3.05) is 0 Å². The lowest BCUT2D eigenvalue weighted by Gasteiger charge is -2.19. The Morgan fingerprint density at radius 1 is 0.375 bits per heavy atom. The van der Waals surface area contributed by atoms with Crippen LogP contribution < -0.4 is 0 Å². The van der Waals surface area contributed by atoms with Crippen molar-refractivity contribution in [2.45, 2.75) is 0 Å². The van der Waals surface area contributed by atoms with Gasteiger partial charge >= 0.3 is 0 Å². The van der Waals surface area contributed by atoms with Gasteiger partial charge in [0.1, 0.15) is 0 Å². The third kappa shape index (κ3) is 3.12. The van der Waals surface area contributed by atoms with Gasteiger partial charge in [-0.2, -0.15) is 0 Å². The van der Waals surface area contributed by atoms with E-state index >= 15 is 0 Å². The Kier molecular flexibility index (Phi) is 4.74. The van der Waals surface area contributed by atoms with Gasteiger partial charge in [0.25, 0.3) is 0 Å². The van der Waals surface area contributed by atoms with Crippen molar-refractivity contribution in [3.63, 3.8) is 0 Å². The van der Waals surface area contributed by atoms with Crippen molar-refractivity contribution in [1.29, 1.82) is 0 Å². The van der Waals surface area contributed by atoms with Crippen LogP contribution in [0.3, 0.4) is 0 Å². The summed E-state index contributed by atoms with van der Waals surface area (Å²) in [7, 11) is 0. The van der Waals surface area contributed by atoms with Crippen LogP contribution >= 0.6 is 22.7 Å². The zero-order valence-electron chi connectivity index (χ0n) is 21.5. The van der Waals surface area contributed by atoms with E-state index in [0.717, 1.165) is 0 Å². The van der Waals surface area contributed by atoms with Crippen molar-refractivity contribution in [2.24, 2.45) is 0 Å². The zero-order chi connectivity index (χ0) is 26.2. The highest BCUT2D eigenvalue weighted by Crippen LogP contribution is 2.51. The molecule has 2 aromatic heterocycles. The molecule has 0 radical (unpaired) electrons. The highest BCUT2D eigenvalue weighted by molar-refractivity contribution is 7.27. The van der Waals surface area contributed by atoms with E-state index in [1.165, 1.54) is 84.8 Å². The summed E-state index contributed by atoms with van der Waals surface area (Å²) in [5, 5.41) is 14.0. The summed E-state index contributed by atoms with van der Waals surface area (Å²) in [4.78, 5) is 0. The molecule has 40 heavy (non-hydrogen) atoms. The maximum absolute atomic E-state index is 2.40. The van der Waals surface area contributed by atoms with Crippen molar-refractivity contribution >= 4 is 85.2 Å². The summed E-state index contributed by atoms with van der Waals surface area (Å²) in [6.07, 6.45) is 0. The zero-order valence-corrected chi connectivity index (χ0v) is 23.2. The Labute approximate surface area is 239 Å². The number of hydrogen-bond acceptors (Lipinski definition) is 2. The van der Waals surface area contributed by atoms with Crippen LogP contribution in [0, 0.1) is 0 Å². The second kappa shape index (κ2) is 8.50. The van der Waals surface area contributed by atoms with Crippen LogP contribution in [0.5, 0.6) is 0 Å². The molecule has 7 aromatic carbocycles. The van der Waals surface area contributed by atoms with Crippen LogP contribution in [-0.2, 0) is 0 Å². The number of fused-ring (bicyclic) bond motifs is 7. The van der Waals surface area contributed by atoms with E-state index in [9.17, 15) is 0 Å². The van der Waals surface area contributed by atoms with E-state index in [0.29, 0.717) is 0 Å². The lowest BCUT2D eigenvalue weighted by atomic mass is 9.85. The van der Waals surface area contributed by atoms with Crippen LogP contribution in [0.25, 0.3) is 84.8 Å². The molecule has 0 unspecified atom stereocenters. The monoisotopic (exact) mass is 542 g/mol. The molecule has 0 atom stereocenters. The van der Waals surface area contributed by atoms with Crippen molar-refractivity contribution in [3.05, 3.63) is 133 Å². The Balaban J connectivity index is 1.49. The lowest BCUT2D eigenvalue weighted by Crippen LogP contribution is -1.91. The van der Waals surface area contributed by atoms with Crippen LogP contribution in [0.2, 0.25) is 0 Å². The summed E-state index contributed by atoms with van der Waals surface area (Å²) < 4.78 is 4.09. The summed E-state index contributed by atoms with van der Waals surface area (Å²) in [6.45, 7) is 0. The van der Waals surface area contributed by atoms with E-state index in [2.05, 4.69) is 133 Å². The van der Waals surface area contributed by atoms with Crippen LogP contribution in [0.4, 0.5) is 0 Å². The first kappa shape index (κ1) is 22.3. The summed E-state index contributed by atoms with van der Waals surface area (Å²) >= 11 is 3.79. The molecule has 0 bridgehead atoms. The largest absolute Gasteiger partial charge is 0.143 e. The van der Waals surface area contributed by atoms with Crippen LogP contribution in [-0.4, -0.2) is 0 Å². The van der Waals surface area contributed by atoms with E-state index < -0.39 is 0 Å². The first-order valence-corrected chi connectivity index (χ1v) is 15.3. The Morgan fingerprint density at radius 2 is 1.00 bits per heavy atom. The Hall–Kier alpha value is -4.50. The quantitative estimate of drug-likeness (QED) is 0.191. The Morgan fingerprint density at radius 3 is 1.75 bits per heavy atom. The highest BCUT2D eigenvalue weighted by Gasteiger charge is 2.22. The fraction of sp³-hybridized carbons (Fsp3) is 0. The number of thiophene rings is 2. The van der Waals surface area contributed by atoms with Gasteiger partial charge in [-0.25, -0.2) is 0 Å². The smallest absolute Gasteiger partial charge is 0.0448 e. The number of benzene rings is 7. The average Bonchev–Trinajstić information content (AvgIpc) is 3.63. The first-order chi connectivity index (χ1) is 19.8. The fourth-order valence-corrected chi connectivity index (χ4v) is 8.81. The molecular weight excluding hydrogens is 521 g/mol. The minimum Gasteiger partial charge on any atom is -0.143 e. The molecule has 0 amide bonds. The lowest BCUT2D eigenvalue weighted by molar-refractivity contribution is 1.70. The van der Waals surface area contributed by atoms with Crippen molar-refractivity contribution in [1.82, 2.24) is 0 Å². The van der Waals surface area contributed by atoms with E-state index in [4.69, 9.17) is 0 Å². The van der Waals surface area contributed by atoms with Gasteiger partial charge in [0.15, 0.2) is 0 Å². The van der Waals surface area contributed by atoms with Crippen LogP contribution in [0.1, 0.15) is 0 Å². The molecule has 186 valence electrons. The topological polar surface area (TPSA) is 0 Å². The third-order valence-electron chi connectivity index (χ3n) is 8.30. The molecule has 0 spiro atoms. The molecule has 0 saturated heterocycles. The SMILES string of the molecule is c1ccc2cc(-c3c4ccccc4c(-c4c5sccc5cc5c4sc4ccccc45)c4ccccc34)ccc2c1. The average molecular weight is 543 g/mol. The van der Waals surface area contributed by atoms with Crippen molar-refractivity contribution < 1.29 is 0 Å². The van der Waals surface area contributed by atoms with Gasteiger partial charge in [0.05, 0.1) is 0 Å². The predicted octanol–water partition coefficient (Wildman–Crippen LogP) is 12.1. The molecule has 0 N–H and O–H groups in total. The number of rotatable bonds is 2. The van der Waals surface area contributed by atoms with Gasteiger partial charge in [0, 0.05) is 36.0 Å². The fourth-order valence-electron chi connectivity index (χ4n) is 6.57. The second-order valence-electron chi connectivity index (χ2n) is 10.5. The molecule has 2 heterocycles. The minimum atomic E-state index is 1.26. The molecule has 0 aliphatic rings. The van der Waals surface area contributed by atoms with Gasteiger partial charge in [0.2, 0.25) is 0 Å². The molecule has 9 rings (SSSR count). The normalized spacial score (nSPS) is 12.0. The van der Waals surface area contributed by atoms with Gasteiger partial charge in [-0.1, -0.05) is 103 Å². The summed E-state index contributed by atoms with van der Waals surface area (Å²) in [5.74, 6) is 0. The maximum atomic E-state index is 2.40. The molecule has 0 aliphatic carbocycles. The third-order valence-corrected chi connectivity index (χ3v) is 10.5. The molecule has 0 saturated carbocycles. The highest BCUT2D eigenvalue weighted by atomic mass is 32.1. The number of hydrogen-bond donors (Lipinski definition) is 0. The summed E-state index contributed by atoms with van der Waals surface area (Å²) in [6, 6.07) is 47.1. The van der Waals surface area contributed by atoms with Gasteiger partial charge < -0.3 is 0 Å². The maximum Gasteiger partial charge on any atom is 0.0448 e. The van der Waals surface area contributed by atoms with Gasteiger partial charge in [-0.05, 0) is 78.5 Å². The van der Waals surface area contributed by atoms with E-state index in [-0.39, 0.29) is 0 Å². The van der Waals surface area contributed by atoms with Crippen molar-refractivity contribution in [3.8, 4) is 22.3 Å². The van der Waals surface area contributed by atoms with E-state index in [1.807, 2.05) is 22.7 Å². The van der Waals surface area contributed by atoms with E-state index in [1.54, 1.807) is 0 Å². The molecule has 0 aliphatic heterocycles. The standard InChI is InChI=1S/C38H22S2/c1-2-10-24-21-25(18-17-23(24)9-1)34-28-12-3-5-14-30(28)35(31-15-6-4-13-29(31)34)36-37-26(19-20-39-37)22-32-27-11-7-8-16-33(27)40-38(32)36/h1-22H. The second-order valence-corrected chi connectivity index (χ2v) is 12.4. The molecular formula is C38H22S2. The van der Waals surface area contributed by atoms with Crippen LogP contribution in [0.15, 0.2) is 133 Å². The molecule has 2 heteroatoms. The van der Waals surface area contributed by atoms with Gasteiger partial charge in [-0.15, -0.1) is 22.7 Å². The Bertz CT molecular complexity index is 2380. The predicted molar refractivity (Wildman–Crippen MR) is 178 cm³/mol. The molecule has 9 aromatic rings. The molecule has 0 nitrogen and oxygen atoms in total. The van der Waals surface area contributed by atoms with Gasteiger partial charge in [-0.3, -0.25) is 0 Å². The first-order valence-electron chi connectivity index (χ1n) is 13.6.